The van der Waals surface area contributed by atoms with Gasteiger partial charge in [0.2, 0.25) is 5.91 Å². The summed E-state index contributed by atoms with van der Waals surface area (Å²) in [6.07, 6.45) is 42.3. The fourth-order valence-corrected chi connectivity index (χ4v) is 5.69. The summed E-state index contributed by atoms with van der Waals surface area (Å²) < 4.78 is 23.4. The average Bonchev–Trinajstić information content (AvgIpc) is 3.10. The van der Waals surface area contributed by atoms with E-state index in [0.29, 0.717) is 36.7 Å². The Morgan fingerprint density at radius 3 is 1.72 bits per heavy atom. The van der Waals surface area contributed by atoms with Gasteiger partial charge in [0.15, 0.2) is 0 Å². The van der Waals surface area contributed by atoms with Crippen molar-refractivity contribution in [3.05, 3.63) is 85.1 Å². The van der Waals surface area contributed by atoms with E-state index in [4.69, 9.17) is 9.05 Å². The third-order valence-corrected chi connectivity index (χ3v) is 9.18. The van der Waals surface area contributed by atoms with Crippen molar-refractivity contribution in [3.63, 3.8) is 0 Å². The third kappa shape index (κ3) is 35.1. The quantitative estimate of drug-likeness (QED) is 0.0223. The Kier molecular flexibility index (Phi) is 32.6. The Balaban J connectivity index is 4.77. The predicted octanol–water partition coefficient (Wildman–Crippen LogP) is 9.60. The second-order valence-electron chi connectivity index (χ2n) is 14.4. The summed E-state index contributed by atoms with van der Waals surface area (Å²) in [4.78, 5) is 23.1. The fourth-order valence-electron chi connectivity index (χ4n) is 4.96. The first-order valence-corrected chi connectivity index (χ1v) is 21.5. The third-order valence-electron chi connectivity index (χ3n) is 8.20. The molecule has 0 bridgehead atoms. The van der Waals surface area contributed by atoms with Gasteiger partial charge >= 0.3 is 7.82 Å². The van der Waals surface area contributed by atoms with Crippen LogP contribution in [0.25, 0.3) is 0 Å². The molecule has 0 aromatic heterocycles. The van der Waals surface area contributed by atoms with Gasteiger partial charge in [-0.1, -0.05) is 112 Å². The van der Waals surface area contributed by atoms with Crippen molar-refractivity contribution in [2.75, 3.05) is 40.9 Å². The molecule has 1 amide bonds. The Morgan fingerprint density at radius 1 is 0.679 bits per heavy atom. The molecule has 0 saturated carbocycles. The van der Waals surface area contributed by atoms with Crippen LogP contribution in [0.5, 0.6) is 0 Å². The summed E-state index contributed by atoms with van der Waals surface area (Å²) in [6, 6.07) is -1.09. The summed E-state index contributed by atoms with van der Waals surface area (Å²) in [5.74, 6) is -0.335. The Morgan fingerprint density at radius 2 is 1.17 bits per heavy atom. The Hall–Kier alpha value is -2.36. The van der Waals surface area contributed by atoms with E-state index >= 15 is 0 Å². The first-order valence-electron chi connectivity index (χ1n) is 20.0. The lowest BCUT2D eigenvalue weighted by Crippen LogP contribution is -2.51. The molecule has 0 fully saturated rings. The van der Waals surface area contributed by atoms with Crippen molar-refractivity contribution in [3.8, 4) is 0 Å². The van der Waals surface area contributed by atoms with Gasteiger partial charge in [-0.25, -0.2) is 4.57 Å². The van der Waals surface area contributed by atoms with Gasteiger partial charge in [0.25, 0.3) is 0 Å². The van der Waals surface area contributed by atoms with E-state index in [9.17, 15) is 24.5 Å². The van der Waals surface area contributed by atoms with Gasteiger partial charge in [-0.3, -0.25) is 13.8 Å². The minimum atomic E-state index is -4.44. The van der Waals surface area contributed by atoms with Crippen molar-refractivity contribution in [2.24, 2.45) is 0 Å². The molecule has 10 heteroatoms. The summed E-state index contributed by atoms with van der Waals surface area (Å²) in [5.41, 5.74) is 0. The maximum Gasteiger partial charge on any atom is 0.472 e. The minimum absolute atomic E-state index is 0.00194. The number of likely N-dealkylation sites (N-methyl/N-ethyl adjacent to an activating group) is 1. The van der Waals surface area contributed by atoms with Crippen molar-refractivity contribution in [1.82, 2.24) is 5.32 Å². The standard InChI is InChI=1S/C43H75N2O7P/c1-6-8-10-12-14-16-18-20-21-22-23-24-26-28-30-32-34-36-42(47)44-40(39-52-53(49,50)51-38-37-45(3,4)5)43(48)41(46)35-33-31-29-27-25-19-17-15-13-11-9-7-2/h8,10,14-17,20-21,23-24,27-30,40-41,43,46,48H,6-7,9,11-13,18-19,22,25-26,31-39H2,1-5H3,(H-,44,47,49,50)/p+1/b10-8-,16-14-,17-15+,21-20-,24-23-,29-27+,30-28-. The van der Waals surface area contributed by atoms with Crippen LogP contribution in [0.3, 0.4) is 0 Å². The normalized spacial score (nSPS) is 16.0. The first kappa shape index (κ1) is 50.6. The van der Waals surface area contributed by atoms with E-state index in [-0.39, 0.29) is 18.9 Å². The van der Waals surface area contributed by atoms with Gasteiger partial charge in [-0.15, -0.1) is 0 Å². The molecular formula is C43H76N2O7P+. The average molecular weight is 764 g/mol. The van der Waals surface area contributed by atoms with Crippen LogP contribution in [0, 0.1) is 0 Å². The number of amides is 1. The molecule has 0 aliphatic heterocycles. The van der Waals surface area contributed by atoms with E-state index in [2.05, 4.69) is 98.2 Å². The maximum atomic E-state index is 12.8. The molecule has 4 unspecified atom stereocenters. The van der Waals surface area contributed by atoms with Crippen LogP contribution in [-0.4, -0.2) is 84.6 Å². The van der Waals surface area contributed by atoms with Gasteiger partial charge in [0.1, 0.15) is 19.3 Å². The molecule has 0 aromatic rings. The number of hydrogen-bond acceptors (Lipinski definition) is 6. The van der Waals surface area contributed by atoms with Crippen molar-refractivity contribution in [1.29, 1.82) is 0 Å². The molecular weight excluding hydrogens is 687 g/mol. The highest BCUT2D eigenvalue weighted by atomic mass is 31.2. The van der Waals surface area contributed by atoms with Crippen LogP contribution in [0.1, 0.15) is 123 Å². The zero-order valence-corrected chi connectivity index (χ0v) is 34.7. The molecule has 0 rings (SSSR count). The van der Waals surface area contributed by atoms with Gasteiger partial charge in [0.05, 0.1) is 39.9 Å². The van der Waals surface area contributed by atoms with Crippen LogP contribution < -0.4 is 5.32 Å². The summed E-state index contributed by atoms with van der Waals surface area (Å²) in [6.45, 7) is 4.34. The first-order chi connectivity index (χ1) is 25.4. The lowest BCUT2D eigenvalue weighted by Gasteiger charge is -2.28. The summed E-state index contributed by atoms with van der Waals surface area (Å²) in [5, 5.41) is 24.5. The topological polar surface area (TPSA) is 125 Å². The SMILES string of the molecule is CC/C=C\C/C=C\C/C=C\C/C=C\C/C=C\CCCC(=O)NC(COP(=O)(O)OCC[N+](C)(C)C)C(O)C(O)CCC/C=C/CC/C=C/CCCCC. The van der Waals surface area contributed by atoms with Crippen LogP contribution in [0.15, 0.2) is 85.1 Å². The molecule has 0 aliphatic carbocycles. The van der Waals surface area contributed by atoms with E-state index in [1.807, 2.05) is 27.2 Å². The second-order valence-corrected chi connectivity index (χ2v) is 15.8. The highest BCUT2D eigenvalue weighted by molar-refractivity contribution is 7.47. The molecule has 0 saturated heterocycles. The zero-order valence-electron chi connectivity index (χ0n) is 33.8. The van der Waals surface area contributed by atoms with Crippen LogP contribution in [0.2, 0.25) is 0 Å². The van der Waals surface area contributed by atoms with E-state index in [1.54, 1.807) is 0 Å². The zero-order chi connectivity index (χ0) is 39.5. The molecule has 53 heavy (non-hydrogen) atoms. The number of phosphoric ester groups is 1. The molecule has 0 radical (unpaired) electrons. The van der Waals surface area contributed by atoms with E-state index in [1.165, 1.54) is 19.3 Å². The lowest BCUT2D eigenvalue weighted by molar-refractivity contribution is -0.870. The van der Waals surface area contributed by atoms with E-state index < -0.39 is 32.7 Å². The van der Waals surface area contributed by atoms with Crippen molar-refractivity contribution >= 4 is 13.7 Å². The van der Waals surface area contributed by atoms with Crippen LogP contribution in [0.4, 0.5) is 0 Å². The molecule has 0 aliphatic rings. The lowest BCUT2D eigenvalue weighted by atomic mass is 10.0. The highest BCUT2D eigenvalue weighted by Crippen LogP contribution is 2.43. The largest absolute Gasteiger partial charge is 0.472 e. The number of quaternary nitrogens is 1. The number of carbonyl (C=O) groups excluding carboxylic acids is 1. The van der Waals surface area contributed by atoms with Crippen molar-refractivity contribution in [2.45, 2.75) is 141 Å². The summed E-state index contributed by atoms with van der Waals surface area (Å²) in [7, 11) is 1.35. The van der Waals surface area contributed by atoms with Gasteiger partial charge < -0.3 is 24.9 Å². The number of carbonyl (C=O) groups is 1. The predicted molar refractivity (Wildman–Crippen MR) is 222 cm³/mol. The number of unbranched alkanes of at least 4 members (excludes halogenated alkanes) is 6. The number of allylic oxidation sites excluding steroid dienone is 14. The molecule has 0 spiro atoms. The molecule has 4 atom stereocenters. The monoisotopic (exact) mass is 764 g/mol. The fraction of sp³-hybridized carbons (Fsp3) is 0.651. The number of phosphoric acid groups is 1. The molecule has 4 N–H and O–H groups in total. The Bertz CT molecular complexity index is 1150. The number of aliphatic hydroxyl groups is 2. The van der Waals surface area contributed by atoms with E-state index in [0.717, 1.165) is 57.8 Å². The number of rotatable bonds is 34. The number of nitrogens with one attached hydrogen (secondary N) is 1. The minimum Gasteiger partial charge on any atom is -0.390 e. The number of nitrogens with zero attached hydrogens (tertiary/aromatic N) is 1. The van der Waals surface area contributed by atoms with Gasteiger partial charge in [-0.05, 0) is 89.9 Å². The molecule has 0 heterocycles. The summed E-state index contributed by atoms with van der Waals surface area (Å²) >= 11 is 0. The maximum absolute atomic E-state index is 12.8. The molecule has 0 aromatic carbocycles. The number of hydrogen-bond donors (Lipinski definition) is 4. The van der Waals surface area contributed by atoms with Gasteiger partial charge in [0, 0.05) is 6.42 Å². The van der Waals surface area contributed by atoms with Gasteiger partial charge in [-0.2, -0.15) is 0 Å². The highest BCUT2D eigenvalue weighted by Gasteiger charge is 2.31. The number of aliphatic hydroxyl groups excluding tert-OH is 2. The molecule has 304 valence electrons. The van der Waals surface area contributed by atoms with Crippen LogP contribution in [-0.2, 0) is 18.4 Å². The molecule has 9 nitrogen and oxygen atoms in total. The van der Waals surface area contributed by atoms with Crippen LogP contribution >= 0.6 is 7.82 Å². The Labute approximate surface area is 323 Å². The van der Waals surface area contributed by atoms with Crippen molar-refractivity contribution < 1.29 is 38.0 Å². The second kappa shape index (κ2) is 34.2. The smallest absolute Gasteiger partial charge is 0.390 e.